The van der Waals surface area contributed by atoms with Gasteiger partial charge in [0.1, 0.15) is 0 Å². The number of anilines is 1. The normalized spacial score (nSPS) is 16.5. The largest absolute Gasteiger partial charge is 0.454 e. The molecule has 152 valence electrons. The number of nitrogens with zero attached hydrogens (tertiary/aromatic N) is 4. The molecule has 1 amide bonds. The van der Waals surface area contributed by atoms with Crippen molar-refractivity contribution in [3.63, 3.8) is 0 Å². The Hall–Kier alpha value is -3.07. The zero-order chi connectivity index (χ0) is 20.4. The minimum atomic E-state index is -0.925. The molecular formula is C19H19ClN4O5. The van der Waals surface area contributed by atoms with Crippen LogP contribution in [0.5, 0.6) is 11.5 Å². The minimum absolute atomic E-state index is 0.0441. The van der Waals surface area contributed by atoms with E-state index >= 15 is 0 Å². The Morgan fingerprint density at radius 1 is 1.14 bits per heavy atom. The maximum Gasteiger partial charge on any atom is 0.339 e. The fraction of sp³-hybridized carbons (Fsp3) is 0.368. The molecule has 0 N–H and O–H groups in total. The van der Waals surface area contributed by atoms with Crippen molar-refractivity contribution in [1.29, 1.82) is 0 Å². The third-order valence-corrected chi connectivity index (χ3v) is 5.00. The monoisotopic (exact) mass is 418 g/mol. The second-order valence-electron chi connectivity index (χ2n) is 6.60. The number of esters is 1. The van der Waals surface area contributed by atoms with Gasteiger partial charge in [-0.15, -0.1) is 0 Å². The molecule has 9 nitrogen and oxygen atoms in total. The molecule has 3 heterocycles. The van der Waals surface area contributed by atoms with Crippen LogP contribution in [0.3, 0.4) is 0 Å². The van der Waals surface area contributed by atoms with Gasteiger partial charge >= 0.3 is 5.97 Å². The molecule has 10 heteroatoms. The number of hydrogen-bond acceptors (Lipinski definition) is 8. The lowest BCUT2D eigenvalue weighted by Gasteiger charge is -2.35. The van der Waals surface area contributed by atoms with Gasteiger partial charge < -0.3 is 24.0 Å². The van der Waals surface area contributed by atoms with Crippen molar-refractivity contribution in [2.45, 2.75) is 13.0 Å². The van der Waals surface area contributed by atoms with E-state index in [4.69, 9.17) is 25.8 Å². The number of piperazine rings is 1. The van der Waals surface area contributed by atoms with Crippen molar-refractivity contribution < 1.29 is 23.8 Å². The van der Waals surface area contributed by atoms with E-state index in [0.29, 0.717) is 43.6 Å². The van der Waals surface area contributed by atoms with Gasteiger partial charge in [-0.25, -0.2) is 14.8 Å². The Bertz CT molecular complexity index is 918. The van der Waals surface area contributed by atoms with Gasteiger partial charge in [-0.2, -0.15) is 0 Å². The molecule has 1 saturated heterocycles. The van der Waals surface area contributed by atoms with E-state index in [1.165, 1.54) is 12.1 Å². The van der Waals surface area contributed by atoms with E-state index in [2.05, 4.69) is 9.97 Å². The van der Waals surface area contributed by atoms with Gasteiger partial charge in [-0.1, -0.05) is 11.6 Å². The smallest absolute Gasteiger partial charge is 0.339 e. The Labute approximate surface area is 172 Å². The first-order chi connectivity index (χ1) is 14.0. The molecule has 29 heavy (non-hydrogen) atoms. The summed E-state index contributed by atoms with van der Waals surface area (Å²) < 4.78 is 15.8. The van der Waals surface area contributed by atoms with Gasteiger partial charge in [0.2, 0.25) is 12.7 Å². The maximum atomic E-state index is 12.7. The summed E-state index contributed by atoms with van der Waals surface area (Å²) in [5.41, 5.74) is 0.199. The van der Waals surface area contributed by atoms with Gasteiger partial charge in [0.15, 0.2) is 17.6 Å². The van der Waals surface area contributed by atoms with Crippen LogP contribution in [0.1, 0.15) is 17.3 Å². The Morgan fingerprint density at radius 2 is 1.86 bits per heavy atom. The third-order valence-electron chi connectivity index (χ3n) is 4.72. The lowest BCUT2D eigenvalue weighted by atomic mass is 10.2. The van der Waals surface area contributed by atoms with Crippen molar-refractivity contribution in [2.75, 3.05) is 37.9 Å². The lowest BCUT2D eigenvalue weighted by molar-refractivity contribution is -0.140. The summed E-state index contributed by atoms with van der Waals surface area (Å²) in [5.74, 6) is 0.509. The zero-order valence-electron chi connectivity index (χ0n) is 15.7. The van der Waals surface area contributed by atoms with Crippen LogP contribution in [0.25, 0.3) is 0 Å². The third kappa shape index (κ3) is 4.04. The van der Waals surface area contributed by atoms with Gasteiger partial charge in [0, 0.05) is 38.6 Å². The Morgan fingerprint density at radius 3 is 2.59 bits per heavy atom. The first-order valence-corrected chi connectivity index (χ1v) is 9.51. The van der Waals surface area contributed by atoms with Crippen LogP contribution >= 0.6 is 11.6 Å². The van der Waals surface area contributed by atoms with E-state index in [-0.39, 0.29) is 23.3 Å². The van der Waals surface area contributed by atoms with Crippen molar-refractivity contribution in [2.24, 2.45) is 0 Å². The van der Waals surface area contributed by atoms with Gasteiger partial charge in [0.25, 0.3) is 5.91 Å². The van der Waals surface area contributed by atoms with Crippen molar-refractivity contribution in [3.05, 3.63) is 41.2 Å². The summed E-state index contributed by atoms with van der Waals surface area (Å²) in [7, 11) is 0. The lowest BCUT2D eigenvalue weighted by Crippen LogP contribution is -2.52. The molecule has 0 spiro atoms. The molecule has 1 unspecified atom stereocenters. The average Bonchev–Trinajstić information content (AvgIpc) is 3.23. The Balaban J connectivity index is 1.34. The summed E-state index contributed by atoms with van der Waals surface area (Å²) >= 11 is 6.10. The zero-order valence-corrected chi connectivity index (χ0v) is 16.5. The predicted octanol–water partition coefficient (Wildman–Crippen LogP) is 1.75. The van der Waals surface area contributed by atoms with E-state index in [1.54, 1.807) is 30.3 Å². The van der Waals surface area contributed by atoms with E-state index in [1.807, 2.05) is 4.90 Å². The van der Waals surface area contributed by atoms with Crippen LogP contribution in [0, 0.1) is 0 Å². The number of amides is 1. The summed E-state index contributed by atoms with van der Waals surface area (Å²) in [5, 5.41) is 0.255. The number of rotatable bonds is 4. The fourth-order valence-corrected chi connectivity index (χ4v) is 3.47. The van der Waals surface area contributed by atoms with Gasteiger partial charge in [0.05, 0.1) is 10.6 Å². The molecule has 0 saturated carbocycles. The van der Waals surface area contributed by atoms with Crippen molar-refractivity contribution in [1.82, 2.24) is 14.9 Å². The molecule has 1 aromatic heterocycles. The molecule has 2 aliphatic heterocycles. The van der Waals surface area contributed by atoms with E-state index in [0.717, 1.165) is 0 Å². The Kier molecular flexibility index (Phi) is 5.39. The molecule has 0 radical (unpaired) electrons. The van der Waals surface area contributed by atoms with Crippen molar-refractivity contribution in [3.8, 4) is 11.5 Å². The van der Waals surface area contributed by atoms with E-state index < -0.39 is 12.1 Å². The summed E-state index contributed by atoms with van der Waals surface area (Å²) in [6.07, 6.45) is 2.44. The summed E-state index contributed by atoms with van der Waals surface area (Å²) in [6, 6.07) is 4.69. The van der Waals surface area contributed by atoms with Gasteiger partial charge in [-0.05, 0) is 25.1 Å². The number of carbonyl (C=O) groups is 2. The minimum Gasteiger partial charge on any atom is -0.454 e. The van der Waals surface area contributed by atoms with Crippen molar-refractivity contribution >= 4 is 29.4 Å². The van der Waals surface area contributed by atoms with E-state index in [9.17, 15) is 9.59 Å². The highest BCUT2D eigenvalue weighted by Gasteiger charge is 2.29. The molecule has 1 aromatic carbocycles. The molecule has 4 rings (SSSR count). The van der Waals surface area contributed by atoms with Crippen LogP contribution in [-0.2, 0) is 9.53 Å². The molecule has 0 aliphatic carbocycles. The fourth-order valence-electron chi connectivity index (χ4n) is 3.20. The molecule has 1 atom stereocenters. The van der Waals surface area contributed by atoms with Gasteiger partial charge in [-0.3, -0.25) is 4.79 Å². The van der Waals surface area contributed by atoms with Crippen LogP contribution in [0.4, 0.5) is 5.95 Å². The number of halogens is 1. The van der Waals surface area contributed by atoms with Crippen LogP contribution in [0.15, 0.2) is 30.6 Å². The number of aromatic nitrogens is 2. The maximum absolute atomic E-state index is 12.7. The summed E-state index contributed by atoms with van der Waals surface area (Å²) in [6.45, 7) is 3.80. The highest BCUT2D eigenvalue weighted by atomic mass is 35.5. The SMILES string of the molecule is CC(OC(=O)c1cc(Cl)c2c(c1)OCO2)C(=O)N1CCN(c2ncccn2)CC1. The number of ether oxygens (including phenoxy) is 3. The number of carbonyl (C=O) groups excluding carboxylic acids is 2. The number of benzene rings is 1. The molecule has 0 bridgehead atoms. The van der Waals surface area contributed by atoms with Crippen LogP contribution < -0.4 is 14.4 Å². The second kappa shape index (κ2) is 8.12. The highest BCUT2D eigenvalue weighted by molar-refractivity contribution is 6.32. The van der Waals surface area contributed by atoms with Crippen LogP contribution in [-0.4, -0.2) is 65.8 Å². The molecular weight excluding hydrogens is 400 g/mol. The topological polar surface area (TPSA) is 94.1 Å². The first kappa shape index (κ1) is 19.3. The molecule has 2 aliphatic rings. The first-order valence-electron chi connectivity index (χ1n) is 9.14. The molecule has 2 aromatic rings. The van der Waals surface area contributed by atoms with Crippen LogP contribution in [0.2, 0.25) is 5.02 Å². The second-order valence-corrected chi connectivity index (χ2v) is 7.01. The number of fused-ring (bicyclic) bond motifs is 1. The average molecular weight is 419 g/mol. The quantitative estimate of drug-likeness (QED) is 0.693. The number of hydrogen-bond donors (Lipinski definition) is 0. The highest BCUT2D eigenvalue weighted by Crippen LogP contribution is 2.40. The summed E-state index contributed by atoms with van der Waals surface area (Å²) in [4.78, 5) is 37.3. The predicted molar refractivity (Wildman–Crippen MR) is 103 cm³/mol. The standard InChI is InChI=1S/C19H19ClN4O5/c1-12(29-18(26)13-9-14(20)16-15(10-13)27-11-28-16)17(25)23-5-7-24(8-6-23)19-21-3-2-4-22-19/h2-4,9-10,12H,5-8,11H2,1H3. The molecule has 1 fully saturated rings.